The second-order valence-electron chi connectivity index (χ2n) is 1.60. The summed E-state index contributed by atoms with van der Waals surface area (Å²) in [5.74, 6) is 0. The van der Waals surface area contributed by atoms with Gasteiger partial charge in [-0.05, 0) is 6.07 Å². The van der Waals surface area contributed by atoms with E-state index in [4.69, 9.17) is 0 Å². The first kappa shape index (κ1) is 4.88. The second-order valence-corrected chi connectivity index (χ2v) is 2.43. The minimum absolute atomic E-state index is 0.863. The first-order valence-corrected chi connectivity index (χ1v) is 3.41. The van der Waals surface area contributed by atoms with E-state index in [0.717, 1.165) is 10.3 Å². The lowest BCUT2D eigenvalue weighted by Crippen LogP contribution is -1.68. The van der Waals surface area contributed by atoms with E-state index in [0.29, 0.717) is 0 Å². The summed E-state index contributed by atoms with van der Waals surface area (Å²) in [6.07, 6.45) is 1.72. The maximum atomic E-state index is 4.07. The van der Waals surface area contributed by atoms with Crippen molar-refractivity contribution in [3.63, 3.8) is 0 Å². The van der Waals surface area contributed by atoms with Gasteiger partial charge in [-0.3, -0.25) is 0 Å². The van der Waals surface area contributed by atoms with E-state index in [-0.39, 0.29) is 0 Å². The van der Waals surface area contributed by atoms with Crippen molar-refractivity contribution in [2.75, 3.05) is 0 Å². The molecule has 3 heteroatoms. The molecular weight excluding hydrogens is 132 g/mol. The molecule has 0 saturated carbocycles. The maximum Gasteiger partial charge on any atom is 0.143 e. The number of pyridine rings is 1. The van der Waals surface area contributed by atoms with Crippen LogP contribution in [0.3, 0.4) is 0 Å². The lowest BCUT2D eigenvalue weighted by atomic mass is 10.5. The van der Waals surface area contributed by atoms with Crippen molar-refractivity contribution < 1.29 is 0 Å². The normalized spacial score (nSPS) is 10.2. The van der Waals surface area contributed by atoms with Crippen molar-refractivity contribution in [2.24, 2.45) is 0 Å². The highest BCUT2D eigenvalue weighted by Crippen LogP contribution is 2.11. The monoisotopic (exact) mass is 135 g/mol. The molecule has 0 spiro atoms. The summed E-state index contributed by atoms with van der Waals surface area (Å²) in [5, 5.41) is 0. The molecule has 0 fully saturated rings. The predicted molar refractivity (Wildman–Crippen MR) is 36.3 cm³/mol. The lowest BCUT2D eigenvalue weighted by Gasteiger charge is -1.79. The van der Waals surface area contributed by atoms with Crippen LogP contribution >= 0.6 is 11.3 Å². The highest BCUT2D eigenvalue weighted by atomic mass is 32.1. The molecule has 0 aliphatic carbocycles. The summed E-state index contributed by atoms with van der Waals surface area (Å²) in [6.45, 7) is 0. The van der Waals surface area contributed by atoms with Crippen molar-refractivity contribution in [3.8, 4) is 0 Å². The van der Waals surface area contributed by atoms with Crippen LogP contribution in [-0.4, -0.2) is 9.97 Å². The Kier molecular flexibility index (Phi) is 0.960. The highest BCUT2D eigenvalue weighted by molar-refractivity contribution is 7.16. The van der Waals surface area contributed by atoms with E-state index in [2.05, 4.69) is 16.0 Å². The molecule has 0 bridgehead atoms. The summed E-state index contributed by atoms with van der Waals surface area (Å²) in [4.78, 5) is 9.04. The van der Waals surface area contributed by atoms with Gasteiger partial charge in [0, 0.05) is 12.3 Å². The van der Waals surface area contributed by atoms with Crippen LogP contribution in [0.5, 0.6) is 0 Å². The number of rotatable bonds is 0. The van der Waals surface area contributed by atoms with Gasteiger partial charge in [0.1, 0.15) is 10.3 Å². The molecule has 9 heavy (non-hydrogen) atoms. The summed E-state index contributed by atoms with van der Waals surface area (Å²) in [5.41, 5.74) is 2.64. The standard InChI is InChI=1S/C6H3N2S/c1-2-5-6(7-3-1)9-4-8-5/h1,3-4H. The third-order valence-corrected chi connectivity index (χ3v) is 1.77. The van der Waals surface area contributed by atoms with Crippen LogP contribution in [0.15, 0.2) is 17.8 Å². The molecule has 2 aromatic heterocycles. The summed E-state index contributed by atoms with van der Waals surface area (Å²) in [7, 11) is 0. The zero-order valence-corrected chi connectivity index (χ0v) is 5.35. The molecule has 0 saturated heterocycles. The van der Waals surface area contributed by atoms with Gasteiger partial charge < -0.3 is 0 Å². The van der Waals surface area contributed by atoms with Crippen molar-refractivity contribution in [3.05, 3.63) is 23.8 Å². The summed E-state index contributed by atoms with van der Waals surface area (Å²) in [6, 6.07) is 4.73. The first-order chi connectivity index (χ1) is 4.47. The molecule has 2 heterocycles. The van der Waals surface area contributed by atoms with Gasteiger partial charge in [0.2, 0.25) is 0 Å². The molecule has 0 unspecified atom stereocenters. The average molecular weight is 135 g/mol. The van der Waals surface area contributed by atoms with E-state index >= 15 is 0 Å². The van der Waals surface area contributed by atoms with Crippen molar-refractivity contribution in [2.45, 2.75) is 0 Å². The largest absolute Gasteiger partial charge is 0.244 e. The number of hydrogen-bond donors (Lipinski definition) is 0. The van der Waals surface area contributed by atoms with Crippen LogP contribution < -0.4 is 0 Å². The van der Waals surface area contributed by atoms with Crippen LogP contribution in [0.1, 0.15) is 0 Å². The fourth-order valence-electron chi connectivity index (χ4n) is 0.652. The van der Waals surface area contributed by atoms with E-state index in [1.165, 1.54) is 11.3 Å². The number of fused-ring (bicyclic) bond motifs is 1. The Labute approximate surface area is 56.2 Å². The molecule has 0 atom stereocenters. The van der Waals surface area contributed by atoms with Gasteiger partial charge in [-0.15, -0.1) is 11.3 Å². The Bertz CT molecular complexity index is 285. The fourth-order valence-corrected chi connectivity index (χ4v) is 1.25. The van der Waals surface area contributed by atoms with E-state index in [1.807, 2.05) is 0 Å². The van der Waals surface area contributed by atoms with E-state index in [1.54, 1.807) is 17.8 Å². The number of aromatic nitrogens is 2. The Hall–Kier alpha value is -0.960. The minimum Gasteiger partial charge on any atom is -0.244 e. The zero-order valence-electron chi connectivity index (χ0n) is 4.53. The lowest BCUT2D eigenvalue weighted by molar-refractivity contribution is 1.40. The number of nitrogens with zero attached hydrogens (tertiary/aromatic N) is 2. The number of thiazole rings is 1. The Morgan fingerprint density at radius 3 is 3.33 bits per heavy atom. The smallest absolute Gasteiger partial charge is 0.143 e. The van der Waals surface area contributed by atoms with Crippen LogP contribution in [0.25, 0.3) is 10.3 Å². The van der Waals surface area contributed by atoms with Crippen LogP contribution in [0, 0.1) is 6.07 Å². The molecule has 0 aromatic carbocycles. The molecule has 0 N–H and O–H groups in total. The SMILES string of the molecule is [c]1ccnc2scnc12. The van der Waals surface area contributed by atoms with Gasteiger partial charge in [0.15, 0.2) is 0 Å². The molecule has 0 aliphatic rings. The Balaban J connectivity index is 2.95. The predicted octanol–water partition coefficient (Wildman–Crippen LogP) is 1.49. The molecule has 2 aromatic rings. The van der Waals surface area contributed by atoms with Gasteiger partial charge in [-0.1, -0.05) is 0 Å². The number of hydrogen-bond acceptors (Lipinski definition) is 3. The fraction of sp³-hybridized carbons (Fsp3) is 0. The Morgan fingerprint density at radius 1 is 1.44 bits per heavy atom. The van der Waals surface area contributed by atoms with E-state index in [9.17, 15) is 0 Å². The van der Waals surface area contributed by atoms with Crippen LogP contribution in [0.2, 0.25) is 0 Å². The van der Waals surface area contributed by atoms with Crippen molar-refractivity contribution >= 4 is 21.7 Å². The van der Waals surface area contributed by atoms with Crippen LogP contribution in [0.4, 0.5) is 0 Å². The van der Waals surface area contributed by atoms with Gasteiger partial charge in [0.25, 0.3) is 0 Å². The molecule has 0 aliphatic heterocycles. The second kappa shape index (κ2) is 1.77. The molecule has 1 radical (unpaired) electrons. The molecule has 0 amide bonds. The van der Waals surface area contributed by atoms with E-state index < -0.39 is 0 Å². The third-order valence-electron chi connectivity index (χ3n) is 1.04. The van der Waals surface area contributed by atoms with Crippen molar-refractivity contribution in [1.82, 2.24) is 9.97 Å². The van der Waals surface area contributed by atoms with Gasteiger partial charge in [-0.2, -0.15) is 0 Å². The Morgan fingerprint density at radius 2 is 2.44 bits per heavy atom. The molecule has 43 valence electrons. The van der Waals surface area contributed by atoms with Crippen LogP contribution in [-0.2, 0) is 0 Å². The summed E-state index contributed by atoms with van der Waals surface area (Å²) < 4.78 is 0. The van der Waals surface area contributed by atoms with Gasteiger partial charge >= 0.3 is 0 Å². The highest BCUT2D eigenvalue weighted by Gasteiger charge is 1.91. The molecule has 2 nitrogen and oxygen atoms in total. The quantitative estimate of drug-likeness (QED) is 0.547. The summed E-state index contributed by atoms with van der Waals surface area (Å²) >= 11 is 1.53. The van der Waals surface area contributed by atoms with Gasteiger partial charge in [-0.25, -0.2) is 9.97 Å². The maximum absolute atomic E-state index is 4.07. The minimum atomic E-state index is 0.863. The molecular formula is C6H3N2S. The zero-order chi connectivity index (χ0) is 6.10. The first-order valence-electron chi connectivity index (χ1n) is 2.53. The third kappa shape index (κ3) is 0.695. The molecule has 2 rings (SSSR count). The van der Waals surface area contributed by atoms with Crippen molar-refractivity contribution in [1.29, 1.82) is 0 Å². The topological polar surface area (TPSA) is 25.8 Å². The average Bonchev–Trinajstić information content (AvgIpc) is 2.33. The van der Waals surface area contributed by atoms with Gasteiger partial charge in [0.05, 0.1) is 5.51 Å².